The third-order valence-electron chi connectivity index (χ3n) is 2.04. The van der Waals surface area contributed by atoms with Crippen LogP contribution in [0.5, 0.6) is 0 Å². The quantitative estimate of drug-likeness (QED) is 0.740. The van der Waals surface area contributed by atoms with Gasteiger partial charge < -0.3 is 5.11 Å². The number of nitrogens with one attached hydrogen (secondary N) is 1. The zero-order chi connectivity index (χ0) is 10.9. The van der Waals surface area contributed by atoms with Gasteiger partial charge in [-0.25, -0.2) is 0 Å². The van der Waals surface area contributed by atoms with E-state index in [1.807, 2.05) is 20.8 Å². The summed E-state index contributed by atoms with van der Waals surface area (Å²) in [5.74, 6) is 0. The fourth-order valence-corrected chi connectivity index (χ4v) is 1.22. The van der Waals surface area contributed by atoms with E-state index >= 15 is 0 Å². The van der Waals surface area contributed by atoms with Crippen molar-refractivity contribution in [2.24, 2.45) is 0 Å². The molecule has 0 saturated heterocycles. The third kappa shape index (κ3) is 2.48. The molecule has 1 aromatic rings. The molecule has 0 aliphatic carbocycles. The van der Waals surface area contributed by atoms with Gasteiger partial charge in [0.1, 0.15) is 0 Å². The molecule has 0 saturated carbocycles. The predicted octanol–water partition coefficient (Wildman–Crippen LogP) is 0.855. The van der Waals surface area contributed by atoms with Crippen LogP contribution in [0.2, 0.25) is 0 Å². The molecule has 1 aromatic heterocycles. The van der Waals surface area contributed by atoms with Crippen LogP contribution >= 0.6 is 0 Å². The Morgan fingerprint density at radius 1 is 1.57 bits per heavy atom. The fourth-order valence-electron chi connectivity index (χ4n) is 1.22. The maximum absolute atomic E-state index is 11.4. The molecule has 0 spiro atoms. The first-order valence-electron chi connectivity index (χ1n) is 4.79. The van der Waals surface area contributed by atoms with Gasteiger partial charge in [-0.3, -0.25) is 14.6 Å². The van der Waals surface area contributed by atoms with Crippen molar-refractivity contribution < 1.29 is 5.11 Å². The van der Waals surface area contributed by atoms with Gasteiger partial charge in [0.2, 0.25) is 0 Å². The summed E-state index contributed by atoms with van der Waals surface area (Å²) in [6.07, 6.45) is -0.515. The van der Waals surface area contributed by atoms with Gasteiger partial charge in [0.15, 0.2) is 0 Å². The first-order valence-corrected chi connectivity index (χ1v) is 4.79. The van der Waals surface area contributed by atoms with Crippen LogP contribution in [0.1, 0.15) is 33.4 Å². The van der Waals surface area contributed by atoms with Crippen LogP contribution in [0.4, 0.5) is 0 Å². The van der Waals surface area contributed by atoms with Crippen LogP contribution in [0.25, 0.3) is 0 Å². The Labute approximate surface area is 83.5 Å². The summed E-state index contributed by atoms with van der Waals surface area (Å²) >= 11 is 0. The molecule has 1 rings (SSSR count). The number of nitrogens with zero attached hydrogens (tertiary/aromatic N) is 1. The van der Waals surface area contributed by atoms with E-state index in [4.69, 9.17) is 5.11 Å². The summed E-state index contributed by atoms with van der Waals surface area (Å²) in [6, 6.07) is 1.59. The molecule has 0 fully saturated rings. The first kappa shape index (κ1) is 11.0. The van der Waals surface area contributed by atoms with Crippen LogP contribution in [0, 0.1) is 0 Å². The van der Waals surface area contributed by atoms with Crippen molar-refractivity contribution >= 4 is 0 Å². The Bertz CT molecular complexity index is 355. The van der Waals surface area contributed by atoms with Crippen LogP contribution < -0.4 is 5.56 Å². The monoisotopic (exact) mass is 198 g/mol. The van der Waals surface area contributed by atoms with Gasteiger partial charge in [-0.05, 0) is 6.92 Å². The van der Waals surface area contributed by atoms with Crippen LogP contribution in [-0.4, -0.2) is 21.0 Å². The molecule has 80 valence electrons. The van der Waals surface area contributed by atoms with E-state index < -0.39 is 6.10 Å². The Kier molecular flexibility index (Phi) is 2.85. The predicted molar refractivity (Wildman–Crippen MR) is 55.4 cm³/mol. The number of H-pyrrole nitrogens is 1. The van der Waals surface area contributed by atoms with Crippen molar-refractivity contribution in [3.05, 3.63) is 22.1 Å². The molecule has 0 aliphatic heterocycles. The molecule has 1 unspecified atom stereocenters. The number of aliphatic hydroxyl groups is 1. The summed E-state index contributed by atoms with van der Waals surface area (Å²) in [4.78, 5) is 11.4. The van der Waals surface area contributed by atoms with E-state index in [0.29, 0.717) is 6.54 Å². The summed E-state index contributed by atoms with van der Waals surface area (Å²) in [5.41, 5.74) is 0.738. The lowest BCUT2D eigenvalue weighted by atomic mass is 9.93. The van der Waals surface area contributed by atoms with E-state index in [2.05, 4.69) is 5.10 Å². The lowest BCUT2D eigenvalue weighted by Crippen LogP contribution is -2.22. The van der Waals surface area contributed by atoms with Gasteiger partial charge in [-0.2, -0.15) is 0 Å². The number of aromatic amines is 1. The van der Waals surface area contributed by atoms with Crippen LogP contribution in [0.15, 0.2) is 10.9 Å². The number of hydrogen-bond donors (Lipinski definition) is 2. The average Bonchev–Trinajstić information content (AvgIpc) is 2.30. The van der Waals surface area contributed by atoms with Crippen LogP contribution in [-0.2, 0) is 12.0 Å². The third-order valence-corrected chi connectivity index (χ3v) is 2.04. The smallest absolute Gasteiger partial charge is 0.266 e. The van der Waals surface area contributed by atoms with E-state index in [-0.39, 0.29) is 11.0 Å². The van der Waals surface area contributed by atoms with E-state index in [0.717, 1.165) is 5.69 Å². The zero-order valence-corrected chi connectivity index (χ0v) is 9.16. The molecule has 4 nitrogen and oxygen atoms in total. The number of rotatable bonds is 2. The second-order valence-corrected chi connectivity index (χ2v) is 4.72. The zero-order valence-electron chi connectivity index (χ0n) is 9.16. The minimum absolute atomic E-state index is 0.0664. The number of hydrogen-bond acceptors (Lipinski definition) is 2. The number of aromatic nitrogens is 2. The second kappa shape index (κ2) is 3.61. The van der Waals surface area contributed by atoms with Gasteiger partial charge in [-0.15, -0.1) is 0 Å². The molecule has 1 atom stereocenters. The van der Waals surface area contributed by atoms with Crippen molar-refractivity contribution in [3.8, 4) is 0 Å². The molecule has 0 bridgehead atoms. The largest absolute Gasteiger partial charge is 0.391 e. The molecular weight excluding hydrogens is 180 g/mol. The highest BCUT2D eigenvalue weighted by atomic mass is 16.3. The molecule has 14 heavy (non-hydrogen) atoms. The van der Waals surface area contributed by atoms with Crippen molar-refractivity contribution in [2.45, 2.75) is 45.8 Å². The van der Waals surface area contributed by atoms with Crippen molar-refractivity contribution in [1.29, 1.82) is 0 Å². The Morgan fingerprint density at radius 3 is 2.50 bits per heavy atom. The maximum atomic E-state index is 11.4. The molecule has 2 N–H and O–H groups in total. The molecular formula is C10H18N2O2. The molecule has 1 heterocycles. The van der Waals surface area contributed by atoms with Gasteiger partial charge in [0.25, 0.3) is 5.56 Å². The minimum Gasteiger partial charge on any atom is -0.391 e. The Hall–Kier alpha value is -1.03. The van der Waals surface area contributed by atoms with E-state index in [1.165, 1.54) is 4.68 Å². The van der Waals surface area contributed by atoms with Gasteiger partial charge in [0.05, 0.1) is 12.6 Å². The van der Waals surface area contributed by atoms with Gasteiger partial charge in [0, 0.05) is 17.2 Å². The fraction of sp³-hybridized carbons (Fsp3) is 0.700. The summed E-state index contributed by atoms with van der Waals surface area (Å²) in [6.45, 7) is 8.07. The molecule has 0 amide bonds. The lowest BCUT2D eigenvalue weighted by molar-refractivity contribution is 0.166. The van der Waals surface area contributed by atoms with Crippen LogP contribution in [0.3, 0.4) is 0 Å². The highest BCUT2D eigenvalue weighted by Crippen LogP contribution is 2.17. The Balaban J connectivity index is 3.00. The van der Waals surface area contributed by atoms with Crippen molar-refractivity contribution in [2.75, 3.05) is 0 Å². The number of aliphatic hydroxyl groups excluding tert-OH is 1. The topological polar surface area (TPSA) is 58.0 Å². The van der Waals surface area contributed by atoms with Crippen molar-refractivity contribution in [1.82, 2.24) is 9.78 Å². The summed E-state index contributed by atoms with van der Waals surface area (Å²) in [7, 11) is 0. The normalized spacial score (nSPS) is 14.4. The second-order valence-electron chi connectivity index (χ2n) is 4.72. The molecule has 0 aliphatic rings. The van der Waals surface area contributed by atoms with Crippen molar-refractivity contribution in [3.63, 3.8) is 0 Å². The average molecular weight is 198 g/mol. The highest BCUT2D eigenvalue weighted by molar-refractivity contribution is 5.10. The first-order chi connectivity index (χ1) is 6.30. The standard InChI is InChI=1S/C10H18N2O2/c1-7(13)6-12-9(14)5-8(11-12)10(2,3)4/h5,7,11,13H,6H2,1-4H3. The summed E-state index contributed by atoms with van der Waals surface area (Å²) < 4.78 is 1.44. The molecule has 4 heteroatoms. The molecule has 0 radical (unpaired) electrons. The lowest BCUT2D eigenvalue weighted by Gasteiger charge is -2.15. The van der Waals surface area contributed by atoms with Gasteiger partial charge >= 0.3 is 0 Å². The SMILES string of the molecule is CC(O)Cn1[nH]c(C(C)(C)C)cc1=O. The highest BCUT2D eigenvalue weighted by Gasteiger charge is 2.17. The molecule has 0 aromatic carbocycles. The Morgan fingerprint density at radius 2 is 2.14 bits per heavy atom. The van der Waals surface area contributed by atoms with E-state index in [1.54, 1.807) is 13.0 Å². The maximum Gasteiger partial charge on any atom is 0.266 e. The van der Waals surface area contributed by atoms with E-state index in [9.17, 15) is 4.79 Å². The van der Waals surface area contributed by atoms with Gasteiger partial charge in [-0.1, -0.05) is 20.8 Å². The summed E-state index contributed by atoms with van der Waals surface area (Å²) in [5, 5.41) is 12.2. The minimum atomic E-state index is -0.515.